The molecule has 0 rings (SSSR count). The van der Waals surface area contributed by atoms with Crippen LogP contribution in [0, 0.1) is 0 Å². The highest BCUT2D eigenvalue weighted by Gasteiger charge is 2.01. The lowest BCUT2D eigenvalue weighted by Gasteiger charge is -2.03. The first-order valence-electron chi connectivity index (χ1n) is 9.63. The molecule has 0 aromatic rings. The molecule has 0 saturated carbocycles. The fourth-order valence-electron chi connectivity index (χ4n) is 2.81. The average molecular weight is 331 g/mol. The smallest absolute Gasteiger partial charge is 0.511 e. The van der Waals surface area contributed by atoms with Gasteiger partial charge in [-0.15, -0.1) is 0 Å². The summed E-state index contributed by atoms with van der Waals surface area (Å²) in [5.41, 5.74) is 0. The van der Waals surface area contributed by atoms with Gasteiger partial charge in [0, 0.05) is 0 Å². The van der Waals surface area contributed by atoms with E-state index in [1.165, 1.54) is 89.9 Å². The van der Waals surface area contributed by atoms with Crippen LogP contribution in [-0.4, -0.2) is 20.6 Å². The minimum absolute atomic E-state index is 0.437. The van der Waals surface area contributed by atoms with E-state index in [1.54, 1.807) is 0 Å². The molecule has 0 spiro atoms. The van der Waals surface area contributed by atoms with Crippen LogP contribution in [0.15, 0.2) is 0 Å². The van der Waals surface area contributed by atoms with E-state index >= 15 is 0 Å². The molecule has 0 radical (unpaired) electrons. The molecule has 3 nitrogen and oxygen atoms in total. The molecule has 0 saturated heterocycles. The van der Waals surface area contributed by atoms with Crippen LogP contribution in [0.25, 0.3) is 0 Å². The molecule has 0 aliphatic heterocycles. The lowest BCUT2D eigenvalue weighted by molar-refractivity contribution is 0.218. The molecule has 4 heteroatoms. The van der Waals surface area contributed by atoms with Crippen LogP contribution in [0.2, 0.25) is 0 Å². The monoisotopic (exact) mass is 330 g/mol. The van der Waals surface area contributed by atoms with Crippen LogP contribution in [-0.2, 0) is 8.89 Å². The molecular weight excluding hydrogens is 292 g/mol. The third-order valence-electron chi connectivity index (χ3n) is 4.22. The van der Waals surface area contributed by atoms with Crippen molar-refractivity contribution in [2.45, 2.75) is 110 Å². The molecule has 0 fully saturated rings. The summed E-state index contributed by atoms with van der Waals surface area (Å²) >= 11 is 0. The number of rotatable bonds is 18. The number of hydrogen-bond donors (Lipinski definition) is 1. The summed E-state index contributed by atoms with van der Waals surface area (Å²) < 4.78 is 15.0. The van der Waals surface area contributed by atoms with Crippen LogP contribution in [0.5, 0.6) is 0 Å². The molecule has 0 amide bonds. The van der Waals surface area contributed by atoms with Crippen molar-refractivity contribution in [2.24, 2.45) is 0 Å². The van der Waals surface area contributed by atoms with E-state index in [2.05, 4.69) is 11.3 Å². The van der Waals surface area contributed by atoms with Gasteiger partial charge in [-0.1, -0.05) is 103 Å². The van der Waals surface area contributed by atoms with Gasteiger partial charge in [-0.3, -0.25) is 4.46 Å². The Labute approximate surface area is 139 Å². The fourth-order valence-corrected chi connectivity index (χ4v) is 3.13. The number of unbranched alkanes of at least 4 members (excludes halogenated alkanes) is 15. The van der Waals surface area contributed by atoms with Crippen molar-refractivity contribution in [2.75, 3.05) is 6.61 Å². The Morgan fingerprint density at radius 1 is 0.636 bits per heavy atom. The first kappa shape index (κ1) is 21.6. The second-order valence-corrected chi connectivity index (χ2v) is 7.24. The molecule has 0 atom stereocenters. The first-order valence-corrected chi connectivity index (χ1v) is 10.9. The van der Waals surface area contributed by atoms with E-state index in [4.69, 9.17) is 4.80 Å². The van der Waals surface area contributed by atoms with Crippen molar-refractivity contribution >= 4 is 9.17 Å². The van der Waals surface area contributed by atoms with E-state index in [-0.39, 0.29) is 0 Å². The Hall–Kier alpha value is -0.383. The quantitative estimate of drug-likeness (QED) is 0.260. The summed E-state index contributed by atoms with van der Waals surface area (Å²) in [6.45, 7) is 2.71. The minimum Gasteiger partial charge on any atom is -0.511 e. The molecule has 0 bridgehead atoms. The van der Waals surface area contributed by atoms with Crippen molar-refractivity contribution in [3.63, 3.8) is 0 Å². The molecule has 0 aromatic heterocycles. The van der Waals surface area contributed by atoms with Gasteiger partial charge < -0.3 is 9.22 Å². The minimum atomic E-state index is -2.70. The summed E-state index contributed by atoms with van der Waals surface area (Å²) in [6, 6.07) is 0. The molecule has 0 heterocycles. The van der Waals surface area contributed by atoms with Gasteiger partial charge in [-0.25, -0.2) is 0 Å². The zero-order valence-electron chi connectivity index (χ0n) is 14.8. The van der Waals surface area contributed by atoms with E-state index in [0.717, 1.165) is 12.8 Å². The third kappa shape index (κ3) is 19.6. The number of hydrogen-bond acceptors (Lipinski definition) is 2. The van der Waals surface area contributed by atoms with Crippen molar-refractivity contribution in [1.29, 1.82) is 0 Å². The van der Waals surface area contributed by atoms with Crippen molar-refractivity contribution in [3.05, 3.63) is 0 Å². The molecule has 0 unspecified atom stereocenters. The summed E-state index contributed by atoms with van der Waals surface area (Å²) in [5, 5.41) is 0. The maximum Gasteiger partial charge on any atom is 0.764 e. The van der Waals surface area contributed by atoms with Gasteiger partial charge in [-0.05, 0) is 6.42 Å². The van der Waals surface area contributed by atoms with Gasteiger partial charge in [0.15, 0.2) is 0 Å². The van der Waals surface area contributed by atoms with E-state index in [1.807, 2.05) is 0 Å². The molecule has 0 aliphatic carbocycles. The molecule has 132 valence electrons. The lowest BCUT2D eigenvalue weighted by atomic mass is 10.0. The third-order valence-corrected chi connectivity index (χ3v) is 4.67. The van der Waals surface area contributed by atoms with Crippen LogP contribution in [0.1, 0.15) is 110 Å². The van der Waals surface area contributed by atoms with Crippen LogP contribution < -0.4 is 0 Å². The summed E-state index contributed by atoms with van der Waals surface area (Å²) in [5.74, 6) is 0. The molecular formula is C18H38O3Si. The molecule has 1 N–H and O–H groups in total. The normalized spacial score (nSPS) is 10.8. The second kappa shape index (κ2) is 18.7. The van der Waals surface area contributed by atoms with Gasteiger partial charge in [-0.2, -0.15) is 0 Å². The highest BCUT2D eigenvalue weighted by atomic mass is 28.3. The van der Waals surface area contributed by atoms with E-state index in [0.29, 0.717) is 6.61 Å². The SMILES string of the molecule is CCCCCCCCCCCCCCCCCCO[Si](=O)O. The van der Waals surface area contributed by atoms with Crippen molar-refractivity contribution in [1.82, 2.24) is 0 Å². The zero-order chi connectivity index (χ0) is 16.3. The molecule has 22 heavy (non-hydrogen) atoms. The molecule has 0 aliphatic rings. The largest absolute Gasteiger partial charge is 0.764 e. The standard InChI is InChI=1S/C18H38O3Si/c1-2-3-4-5-6-7-8-9-10-11-12-13-14-15-16-17-18-21-22(19)20/h19H,2-18H2,1H3. The zero-order valence-corrected chi connectivity index (χ0v) is 15.8. The maximum atomic E-state index is 10.3. The Morgan fingerprint density at radius 2 is 0.955 bits per heavy atom. The van der Waals surface area contributed by atoms with Crippen LogP contribution in [0.3, 0.4) is 0 Å². The van der Waals surface area contributed by atoms with Gasteiger partial charge in [0.05, 0.1) is 6.61 Å². The van der Waals surface area contributed by atoms with Gasteiger partial charge in [0.1, 0.15) is 0 Å². The fraction of sp³-hybridized carbons (Fsp3) is 1.00. The summed E-state index contributed by atoms with van der Waals surface area (Å²) in [7, 11) is -2.70. The highest BCUT2D eigenvalue weighted by molar-refractivity contribution is 6.24. The van der Waals surface area contributed by atoms with Crippen molar-refractivity contribution in [3.8, 4) is 0 Å². The van der Waals surface area contributed by atoms with Crippen LogP contribution in [0.4, 0.5) is 0 Å². The Morgan fingerprint density at radius 3 is 1.27 bits per heavy atom. The molecule has 0 aromatic carbocycles. The highest BCUT2D eigenvalue weighted by Crippen LogP contribution is 2.13. The first-order chi connectivity index (χ1) is 10.8. The van der Waals surface area contributed by atoms with Crippen LogP contribution >= 0.6 is 0 Å². The van der Waals surface area contributed by atoms with Gasteiger partial charge >= 0.3 is 9.17 Å². The Balaban J connectivity index is 2.95. The maximum absolute atomic E-state index is 10.3. The topological polar surface area (TPSA) is 46.5 Å². The van der Waals surface area contributed by atoms with Gasteiger partial charge in [0.2, 0.25) is 0 Å². The average Bonchev–Trinajstić information content (AvgIpc) is 2.50. The summed E-state index contributed by atoms with van der Waals surface area (Å²) in [6.07, 6.45) is 21.4. The Kier molecular flexibility index (Phi) is 18.3. The predicted octanol–water partition coefficient (Wildman–Crippen LogP) is 5.67. The van der Waals surface area contributed by atoms with Gasteiger partial charge in [0.25, 0.3) is 0 Å². The van der Waals surface area contributed by atoms with Crippen molar-refractivity contribution < 1.29 is 13.7 Å². The second-order valence-electron chi connectivity index (χ2n) is 6.42. The Bertz CT molecular complexity index is 234. The lowest BCUT2D eigenvalue weighted by Crippen LogP contribution is -2.06. The summed E-state index contributed by atoms with van der Waals surface area (Å²) in [4.78, 5) is 8.50. The van der Waals surface area contributed by atoms with E-state index < -0.39 is 9.17 Å². The predicted molar refractivity (Wildman–Crippen MR) is 94.2 cm³/mol. The van der Waals surface area contributed by atoms with E-state index in [9.17, 15) is 4.46 Å².